The largest absolute Gasteiger partial charge is 0.389 e. The van der Waals surface area contributed by atoms with E-state index in [1.165, 1.54) is 0 Å². The van der Waals surface area contributed by atoms with E-state index in [9.17, 15) is 8.42 Å². The molecule has 0 aromatic heterocycles. The van der Waals surface area contributed by atoms with Crippen LogP contribution in [0.3, 0.4) is 0 Å². The van der Waals surface area contributed by atoms with Crippen LogP contribution < -0.4 is 5.73 Å². The van der Waals surface area contributed by atoms with Crippen LogP contribution in [0.15, 0.2) is 24.3 Å². The number of nitrogens with two attached hydrogens (primary N) is 1. The maximum atomic E-state index is 12.6. The monoisotopic (exact) mass is 328 g/mol. The predicted octanol–water partition coefficient (Wildman–Crippen LogP) is 1.26. The van der Waals surface area contributed by atoms with Crippen molar-refractivity contribution in [2.24, 2.45) is 5.73 Å². The molecule has 0 unspecified atom stereocenters. The molecule has 0 radical (unpaired) electrons. The van der Waals surface area contributed by atoms with E-state index in [-0.39, 0.29) is 16.8 Å². The summed E-state index contributed by atoms with van der Waals surface area (Å²) in [6, 6.07) is 7.20. The molecule has 0 heterocycles. The number of thiocarbonyl (C=S) groups is 1. The van der Waals surface area contributed by atoms with E-state index in [1.54, 1.807) is 35.7 Å². The van der Waals surface area contributed by atoms with Gasteiger partial charge in [-0.3, -0.25) is 0 Å². The quantitative estimate of drug-likeness (QED) is 0.727. The minimum atomic E-state index is -3.36. The molecule has 0 saturated heterocycles. The summed E-state index contributed by atoms with van der Waals surface area (Å²) in [6.07, 6.45) is 1.85. The molecule has 1 aliphatic rings. The number of ether oxygens (including phenoxy) is 1. The second kappa shape index (κ2) is 6.83. The molecule has 1 saturated carbocycles. The Morgan fingerprint density at radius 2 is 2.19 bits per heavy atom. The molecule has 116 valence electrons. The van der Waals surface area contributed by atoms with Crippen molar-refractivity contribution < 1.29 is 13.2 Å². The van der Waals surface area contributed by atoms with Gasteiger partial charge in [0.1, 0.15) is 4.99 Å². The molecule has 1 aromatic carbocycles. The van der Waals surface area contributed by atoms with E-state index in [4.69, 9.17) is 22.7 Å². The maximum absolute atomic E-state index is 12.6. The lowest BCUT2D eigenvalue weighted by atomic mass is 10.1. The first-order valence-electron chi connectivity index (χ1n) is 6.81. The highest BCUT2D eigenvalue weighted by atomic mass is 32.2. The van der Waals surface area contributed by atoms with Gasteiger partial charge in [-0.25, -0.2) is 8.42 Å². The Bertz CT molecular complexity index is 612. The number of hydrogen-bond acceptors (Lipinski definition) is 4. The highest BCUT2D eigenvalue weighted by Gasteiger charge is 2.36. The molecule has 21 heavy (non-hydrogen) atoms. The second-order valence-electron chi connectivity index (χ2n) is 5.16. The number of rotatable bonds is 8. The predicted molar refractivity (Wildman–Crippen MR) is 86.6 cm³/mol. The normalized spacial score (nSPS) is 15.3. The molecule has 1 aliphatic carbocycles. The molecule has 0 spiro atoms. The maximum Gasteiger partial charge on any atom is 0.218 e. The summed E-state index contributed by atoms with van der Waals surface area (Å²) in [7, 11) is -1.78. The SMILES string of the molecule is COCCN(C1CC1)S(=O)(=O)Cc1cccc(C(N)=S)c1. The molecule has 5 nitrogen and oxygen atoms in total. The highest BCUT2D eigenvalue weighted by molar-refractivity contribution is 7.88. The van der Waals surface area contributed by atoms with Gasteiger partial charge in [-0.1, -0.05) is 30.4 Å². The Balaban J connectivity index is 2.15. The number of nitrogens with zero attached hydrogens (tertiary/aromatic N) is 1. The molecule has 2 N–H and O–H groups in total. The van der Waals surface area contributed by atoms with Gasteiger partial charge in [0.2, 0.25) is 10.0 Å². The Morgan fingerprint density at radius 1 is 1.48 bits per heavy atom. The van der Waals surface area contributed by atoms with Crippen LogP contribution in [0.25, 0.3) is 0 Å². The summed E-state index contributed by atoms with van der Waals surface area (Å²) in [5, 5.41) is 0. The van der Waals surface area contributed by atoms with Gasteiger partial charge < -0.3 is 10.5 Å². The second-order valence-corrected chi connectivity index (χ2v) is 7.52. The molecule has 0 aliphatic heterocycles. The summed E-state index contributed by atoms with van der Waals surface area (Å²) in [5.74, 6) is -0.0380. The summed E-state index contributed by atoms with van der Waals surface area (Å²) >= 11 is 4.92. The van der Waals surface area contributed by atoms with Crippen LogP contribution in [0.4, 0.5) is 0 Å². The van der Waals surface area contributed by atoms with Crippen molar-refractivity contribution in [3.63, 3.8) is 0 Å². The van der Waals surface area contributed by atoms with Gasteiger partial charge in [0.25, 0.3) is 0 Å². The molecule has 0 amide bonds. The Labute approximate surface area is 131 Å². The van der Waals surface area contributed by atoms with E-state index in [1.807, 2.05) is 0 Å². The minimum Gasteiger partial charge on any atom is -0.389 e. The number of sulfonamides is 1. The first kappa shape index (κ1) is 16.4. The zero-order valence-electron chi connectivity index (χ0n) is 12.0. The molecule has 0 bridgehead atoms. The fourth-order valence-corrected chi connectivity index (χ4v) is 4.11. The molecule has 2 rings (SSSR count). The molecular formula is C14H20N2O3S2. The topological polar surface area (TPSA) is 72.6 Å². The van der Waals surface area contributed by atoms with Crippen molar-refractivity contribution in [1.29, 1.82) is 0 Å². The summed E-state index contributed by atoms with van der Waals surface area (Å²) in [5.41, 5.74) is 6.97. The van der Waals surface area contributed by atoms with Gasteiger partial charge in [-0.15, -0.1) is 0 Å². The molecular weight excluding hydrogens is 308 g/mol. The van der Waals surface area contributed by atoms with E-state index in [0.29, 0.717) is 24.3 Å². The zero-order valence-corrected chi connectivity index (χ0v) is 13.6. The first-order chi connectivity index (χ1) is 9.94. The number of hydrogen-bond donors (Lipinski definition) is 1. The van der Waals surface area contributed by atoms with E-state index in [2.05, 4.69) is 0 Å². The van der Waals surface area contributed by atoms with Crippen LogP contribution in [0.1, 0.15) is 24.0 Å². The van der Waals surface area contributed by atoms with Crippen molar-refractivity contribution in [3.8, 4) is 0 Å². The van der Waals surface area contributed by atoms with Gasteiger partial charge in [-0.2, -0.15) is 4.31 Å². The standard InChI is InChI=1S/C14H20N2O3S2/c1-19-8-7-16(13-5-6-13)21(17,18)10-11-3-2-4-12(9-11)14(15)20/h2-4,9,13H,5-8,10H2,1H3,(H2,15,20). The Morgan fingerprint density at radius 3 is 2.76 bits per heavy atom. The summed E-state index contributed by atoms with van der Waals surface area (Å²) in [4.78, 5) is 0.271. The average Bonchev–Trinajstić information content (AvgIpc) is 3.23. The first-order valence-corrected chi connectivity index (χ1v) is 8.83. The molecule has 1 fully saturated rings. The van der Waals surface area contributed by atoms with Crippen molar-refractivity contribution in [2.75, 3.05) is 20.3 Å². The lowest BCUT2D eigenvalue weighted by Crippen LogP contribution is -2.36. The van der Waals surface area contributed by atoms with Crippen molar-refractivity contribution in [3.05, 3.63) is 35.4 Å². The third kappa shape index (κ3) is 4.47. The number of benzene rings is 1. The molecule has 1 aromatic rings. The van der Waals surface area contributed by atoms with Gasteiger partial charge in [0.05, 0.1) is 12.4 Å². The van der Waals surface area contributed by atoms with Crippen LogP contribution in [-0.2, 0) is 20.5 Å². The molecule has 0 atom stereocenters. The van der Waals surface area contributed by atoms with Gasteiger partial charge >= 0.3 is 0 Å². The van der Waals surface area contributed by atoms with E-state index >= 15 is 0 Å². The fourth-order valence-electron chi connectivity index (χ4n) is 2.20. The van der Waals surface area contributed by atoms with Crippen LogP contribution in [0.2, 0.25) is 0 Å². The summed E-state index contributed by atoms with van der Waals surface area (Å²) in [6.45, 7) is 0.807. The number of methoxy groups -OCH3 is 1. The van der Waals surface area contributed by atoms with Gasteiger partial charge in [0, 0.05) is 25.3 Å². The van der Waals surface area contributed by atoms with Crippen LogP contribution in [-0.4, -0.2) is 44.0 Å². The highest BCUT2D eigenvalue weighted by Crippen LogP contribution is 2.30. The third-order valence-corrected chi connectivity index (χ3v) is 5.52. The summed E-state index contributed by atoms with van der Waals surface area (Å²) < 4.78 is 31.7. The third-order valence-electron chi connectivity index (χ3n) is 3.39. The van der Waals surface area contributed by atoms with Crippen LogP contribution >= 0.6 is 12.2 Å². The van der Waals surface area contributed by atoms with Crippen molar-refractivity contribution >= 4 is 27.2 Å². The van der Waals surface area contributed by atoms with Crippen LogP contribution in [0, 0.1) is 0 Å². The molecule has 7 heteroatoms. The van der Waals surface area contributed by atoms with Crippen LogP contribution in [0.5, 0.6) is 0 Å². The zero-order chi connectivity index (χ0) is 15.5. The van der Waals surface area contributed by atoms with E-state index < -0.39 is 10.0 Å². The lowest BCUT2D eigenvalue weighted by Gasteiger charge is -2.21. The van der Waals surface area contributed by atoms with Crippen molar-refractivity contribution in [1.82, 2.24) is 4.31 Å². The Hall–Kier alpha value is -1.02. The van der Waals surface area contributed by atoms with Gasteiger partial charge in [-0.05, 0) is 24.5 Å². The lowest BCUT2D eigenvalue weighted by molar-refractivity contribution is 0.177. The Kier molecular flexibility index (Phi) is 5.32. The van der Waals surface area contributed by atoms with Crippen molar-refractivity contribution in [2.45, 2.75) is 24.6 Å². The smallest absolute Gasteiger partial charge is 0.218 e. The minimum absolute atomic E-state index is 0.0380. The van der Waals surface area contributed by atoms with Gasteiger partial charge in [0.15, 0.2) is 0 Å². The fraction of sp³-hybridized carbons (Fsp3) is 0.500. The average molecular weight is 328 g/mol. The van der Waals surface area contributed by atoms with E-state index in [0.717, 1.165) is 12.8 Å².